The van der Waals surface area contributed by atoms with Crippen LogP contribution in [-0.2, 0) is 9.59 Å². The lowest BCUT2D eigenvalue weighted by Gasteiger charge is -2.33. The Hall–Kier alpha value is -1.10. The second kappa shape index (κ2) is 5.49. The Morgan fingerprint density at radius 2 is 1.94 bits per heavy atom. The van der Waals surface area contributed by atoms with E-state index in [4.69, 9.17) is 10.8 Å². The standard InChI is InChI=1S/C12H22N2O3/c1-8(2)7-14-10(15)9-3-5-12(13,6-4-9)11(16)17/h8-9H,3-7,13H2,1-2H3,(H,14,15)(H,16,17). The topological polar surface area (TPSA) is 92.4 Å². The molecule has 17 heavy (non-hydrogen) atoms. The van der Waals surface area contributed by atoms with E-state index >= 15 is 0 Å². The third-order valence-electron chi connectivity index (χ3n) is 3.36. The fraction of sp³-hybridized carbons (Fsp3) is 0.833. The van der Waals surface area contributed by atoms with Gasteiger partial charge in [0.2, 0.25) is 5.91 Å². The van der Waals surface area contributed by atoms with Gasteiger partial charge in [0.25, 0.3) is 0 Å². The number of hydrogen-bond acceptors (Lipinski definition) is 3. The van der Waals surface area contributed by atoms with Crippen LogP contribution in [0, 0.1) is 11.8 Å². The first kappa shape index (κ1) is 14.0. The van der Waals surface area contributed by atoms with Crippen molar-refractivity contribution in [2.45, 2.75) is 45.1 Å². The van der Waals surface area contributed by atoms with Crippen LogP contribution in [0.5, 0.6) is 0 Å². The molecule has 1 aliphatic carbocycles. The molecule has 4 N–H and O–H groups in total. The second-order valence-electron chi connectivity index (χ2n) is 5.37. The van der Waals surface area contributed by atoms with Crippen molar-refractivity contribution in [1.82, 2.24) is 5.32 Å². The molecule has 0 aromatic heterocycles. The Labute approximate surface area is 102 Å². The molecule has 5 nitrogen and oxygen atoms in total. The van der Waals surface area contributed by atoms with Crippen molar-refractivity contribution in [3.05, 3.63) is 0 Å². The molecular weight excluding hydrogens is 220 g/mol. The van der Waals surface area contributed by atoms with Gasteiger partial charge in [0.15, 0.2) is 0 Å². The molecule has 98 valence electrons. The Bertz CT molecular complexity index is 294. The molecule has 1 fully saturated rings. The first-order valence-electron chi connectivity index (χ1n) is 6.15. The van der Waals surface area contributed by atoms with Gasteiger partial charge < -0.3 is 16.2 Å². The van der Waals surface area contributed by atoms with Crippen molar-refractivity contribution >= 4 is 11.9 Å². The van der Waals surface area contributed by atoms with Gasteiger partial charge in [-0.3, -0.25) is 9.59 Å². The molecule has 0 heterocycles. The molecule has 0 aromatic rings. The number of nitrogens with two attached hydrogens (primary N) is 1. The fourth-order valence-corrected chi connectivity index (χ4v) is 2.06. The Morgan fingerprint density at radius 3 is 2.35 bits per heavy atom. The van der Waals surface area contributed by atoms with Crippen molar-refractivity contribution in [1.29, 1.82) is 0 Å². The first-order chi connectivity index (χ1) is 7.85. The molecule has 0 unspecified atom stereocenters. The number of aliphatic carboxylic acids is 1. The number of carbonyl (C=O) groups excluding carboxylic acids is 1. The van der Waals surface area contributed by atoms with Crippen LogP contribution in [0.3, 0.4) is 0 Å². The Kier molecular flexibility index (Phi) is 4.51. The average Bonchev–Trinajstić information content (AvgIpc) is 2.26. The minimum Gasteiger partial charge on any atom is -0.480 e. The minimum absolute atomic E-state index is 0.0335. The Balaban J connectivity index is 2.41. The summed E-state index contributed by atoms with van der Waals surface area (Å²) < 4.78 is 0. The lowest BCUT2D eigenvalue weighted by atomic mass is 9.77. The zero-order chi connectivity index (χ0) is 13.1. The lowest BCUT2D eigenvalue weighted by Crippen LogP contribution is -2.51. The van der Waals surface area contributed by atoms with Gasteiger partial charge in [-0.25, -0.2) is 0 Å². The third-order valence-corrected chi connectivity index (χ3v) is 3.36. The van der Waals surface area contributed by atoms with Crippen LogP contribution in [0.2, 0.25) is 0 Å². The van der Waals surface area contributed by atoms with E-state index in [1.165, 1.54) is 0 Å². The number of amides is 1. The van der Waals surface area contributed by atoms with Crippen molar-refractivity contribution in [2.24, 2.45) is 17.6 Å². The second-order valence-corrected chi connectivity index (χ2v) is 5.37. The molecule has 5 heteroatoms. The highest BCUT2D eigenvalue weighted by atomic mass is 16.4. The molecule has 0 spiro atoms. The maximum atomic E-state index is 11.8. The van der Waals surface area contributed by atoms with E-state index in [2.05, 4.69) is 5.32 Å². The number of rotatable bonds is 4. The van der Waals surface area contributed by atoms with Crippen molar-refractivity contribution in [3.8, 4) is 0 Å². The smallest absolute Gasteiger partial charge is 0.323 e. The molecule has 0 aliphatic heterocycles. The van der Waals surface area contributed by atoms with Crippen LogP contribution in [0.4, 0.5) is 0 Å². The minimum atomic E-state index is -1.13. The highest BCUT2D eigenvalue weighted by Gasteiger charge is 2.39. The van der Waals surface area contributed by atoms with Gasteiger partial charge in [-0.2, -0.15) is 0 Å². The van der Waals surface area contributed by atoms with Crippen LogP contribution in [0.25, 0.3) is 0 Å². The molecule has 1 amide bonds. The van der Waals surface area contributed by atoms with Gasteiger partial charge in [-0.1, -0.05) is 13.8 Å². The average molecular weight is 242 g/mol. The number of hydrogen-bond donors (Lipinski definition) is 3. The van der Waals surface area contributed by atoms with Gasteiger partial charge in [-0.05, 0) is 31.6 Å². The predicted molar refractivity (Wildman–Crippen MR) is 64.4 cm³/mol. The molecule has 1 rings (SSSR count). The number of nitrogens with one attached hydrogen (secondary N) is 1. The molecule has 0 aromatic carbocycles. The summed E-state index contributed by atoms with van der Waals surface area (Å²) in [6, 6.07) is 0. The molecule has 0 atom stereocenters. The van der Waals surface area contributed by atoms with Crippen LogP contribution in [0.15, 0.2) is 0 Å². The van der Waals surface area contributed by atoms with E-state index < -0.39 is 11.5 Å². The summed E-state index contributed by atoms with van der Waals surface area (Å²) in [6.45, 7) is 4.75. The summed E-state index contributed by atoms with van der Waals surface area (Å²) in [6.07, 6.45) is 1.88. The maximum Gasteiger partial charge on any atom is 0.323 e. The van der Waals surface area contributed by atoms with Gasteiger partial charge >= 0.3 is 5.97 Å². The molecule has 0 bridgehead atoms. The highest BCUT2D eigenvalue weighted by molar-refractivity contribution is 5.81. The van der Waals surface area contributed by atoms with Gasteiger partial charge in [-0.15, -0.1) is 0 Å². The van der Waals surface area contributed by atoms with Gasteiger partial charge in [0.05, 0.1) is 0 Å². The van der Waals surface area contributed by atoms with Crippen molar-refractivity contribution < 1.29 is 14.7 Å². The molecular formula is C12H22N2O3. The number of carboxylic acids is 1. The van der Waals surface area contributed by atoms with E-state index in [1.54, 1.807) is 0 Å². The summed E-state index contributed by atoms with van der Waals surface area (Å²) in [5, 5.41) is 11.9. The summed E-state index contributed by atoms with van der Waals surface area (Å²) in [5.41, 5.74) is 4.63. The summed E-state index contributed by atoms with van der Waals surface area (Å²) in [4.78, 5) is 22.7. The lowest BCUT2D eigenvalue weighted by molar-refractivity contribution is -0.146. The predicted octanol–water partition coefficient (Wildman–Crippen LogP) is 0.731. The number of carboxylic acid groups (broad SMARTS) is 1. The van der Waals surface area contributed by atoms with E-state index in [0.29, 0.717) is 38.1 Å². The zero-order valence-electron chi connectivity index (χ0n) is 10.5. The molecule has 1 saturated carbocycles. The summed E-state index contributed by atoms with van der Waals surface area (Å²) in [7, 11) is 0. The van der Waals surface area contributed by atoms with Crippen LogP contribution < -0.4 is 11.1 Å². The summed E-state index contributed by atoms with van der Waals surface area (Å²) >= 11 is 0. The van der Waals surface area contributed by atoms with Gasteiger partial charge in [0, 0.05) is 12.5 Å². The SMILES string of the molecule is CC(C)CNC(=O)C1CCC(N)(C(=O)O)CC1. The Morgan fingerprint density at radius 1 is 1.41 bits per heavy atom. The molecule has 1 aliphatic rings. The van der Waals surface area contributed by atoms with Crippen LogP contribution in [0.1, 0.15) is 39.5 Å². The van der Waals surface area contributed by atoms with E-state index in [0.717, 1.165) is 0 Å². The van der Waals surface area contributed by atoms with Gasteiger partial charge in [0.1, 0.15) is 5.54 Å². The number of carbonyl (C=O) groups is 2. The molecule has 0 radical (unpaired) electrons. The third kappa shape index (κ3) is 3.70. The van der Waals surface area contributed by atoms with Crippen LogP contribution in [-0.4, -0.2) is 29.1 Å². The largest absolute Gasteiger partial charge is 0.480 e. The monoisotopic (exact) mass is 242 g/mol. The quantitative estimate of drug-likeness (QED) is 0.677. The van der Waals surface area contributed by atoms with E-state index in [-0.39, 0.29) is 11.8 Å². The van der Waals surface area contributed by atoms with E-state index in [1.807, 2.05) is 13.8 Å². The normalized spacial score (nSPS) is 29.1. The fourth-order valence-electron chi connectivity index (χ4n) is 2.06. The van der Waals surface area contributed by atoms with Crippen LogP contribution >= 0.6 is 0 Å². The van der Waals surface area contributed by atoms with E-state index in [9.17, 15) is 9.59 Å². The zero-order valence-corrected chi connectivity index (χ0v) is 10.5. The van der Waals surface area contributed by atoms with Crippen molar-refractivity contribution in [2.75, 3.05) is 6.54 Å². The highest BCUT2D eigenvalue weighted by Crippen LogP contribution is 2.30. The van der Waals surface area contributed by atoms with Crippen molar-refractivity contribution in [3.63, 3.8) is 0 Å². The summed E-state index contributed by atoms with van der Waals surface area (Å²) in [5.74, 6) is -0.579. The maximum absolute atomic E-state index is 11.8. The first-order valence-corrected chi connectivity index (χ1v) is 6.15. The molecule has 0 saturated heterocycles.